The molecule has 2 amide bonds. The topological polar surface area (TPSA) is 72.2 Å². The van der Waals surface area contributed by atoms with Crippen LogP contribution in [0.5, 0.6) is 0 Å². The van der Waals surface area contributed by atoms with E-state index in [1.54, 1.807) is 30.1 Å². The van der Waals surface area contributed by atoms with Crippen LogP contribution in [0.2, 0.25) is 10.0 Å². The van der Waals surface area contributed by atoms with E-state index in [2.05, 4.69) is 10.4 Å². The molecule has 1 saturated heterocycles. The highest BCUT2D eigenvalue weighted by Crippen LogP contribution is 2.33. The van der Waals surface area contributed by atoms with Gasteiger partial charge in [-0.1, -0.05) is 36.0 Å². The molecular formula is C20H25Cl2N5O2. The summed E-state index contributed by atoms with van der Waals surface area (Å²) in [6, 6.07) is 5.14. The van der Waals surface area contributed by atoms with Gasteiger partial charge in [0.05, 0.1) is 10.0 Å². The molecule has 1 aromatic carbocycles. The van der Waals surface area contributed by atoms with Crippen LogP contribution in [0.3, 0.4) is 0 Å². The van der Waals surface area contributed by atoms with Crippen molar-refractivity contribution in [1.29, 1.82) is 0 Å². The largest absolute Gasteiger partial charge is 0.345 e. The Morgan fingerprint density at radius 3 is 2.45 bits per heavy atom. The van der Waals surface area contributed by atoms with Crippen LogP contribution in [0, 0.1) is 0 Å². The number of anilines is 1. The number of rotatable bonds is 3. The zero-order valence-electron chi connectivity index (χ0n) is 16.4. The first-order valence-electron chi connectivity index (χ1n) is 10.1. The molecule has 2 aliphatic rings. The summed E-state index contributed by atoms with van der Waals surface area (Å²) in [5.74, 6) is 1.08. The molecule has 29 heavy (non-hydrogen) atoms. The normalized spacial score (nSPS) is 18.4. The van der Waals surface area contributed by atoms with E-state index < -0.39 is 0 Å². The first-order chi connectivity index (χ1) is 13.9. The average Bonchev–Trinajstić information content (AvgIpc) is 3.33. The monoisotopic (exact) mass is 437 g/mol. The van der Waals surface area contributed by atoms with Gasteiger partial charge >= 0.3 is 11.7 Å². The molecule has 0 atom stereocenters. The standard InChI is InChI=1S/C20H25Cl2N5O2/c1-25-20(29)27(15-4-2-3-5-15)18(24-25)13-8-10-26(11-9-13)19(28)23-14-6-7-16(21)17(22)12-14/h6-7,12-13,15H,2-5,8-11H2,1H3,(H,23,28). The third-order valence-corrected chi connectivity index (χ3v) is 6.73. The SMILES string of the molecule is Cn1nc(C2CCN(C(=O)Nc3ccc(Cl)c(Cl)c3)CC2)n(C2CCCC2)c1=O. The van der Waals surface area contributed by atoms with Crippen LogP contribution in [-0.2, 0) is 7.05 Å². The smallest absolute Gasteiger partial charge is 0.324 e. The third-order valence-electron chi connectivity index (χ3n) is 5.99. The van der Waals surface area contributed by atoms with Gasteiger partial charge in [-0.3, -0.25) is 4.57 Å². The van der Waals surface area contributed by atoms with Crippen molar-refractivity contribution in [3.8, 4) is 0 Å². The number of hydrogen-bond acceptors (Lipinski definition) is 3. The van der Waals surface area contributed by atoms with E-state index in [-0.39, 0.29) is 23.7 Å². The molecule has 2 heterocycles. The molecule has 2 fully saturated rings. The summed E-state index contributed by atoms with van der Waals surface area (Å²) in [4.78, 5) is 27.0. The van der Waals surface area contributed by atoms with Crippen molar-refractivity contribution in [1.82, 2.24) is 19.2 Å². The minimum absolute atomic E-state index is 0.0216. The van der Waals surface area contributed by atoms with E-state index in [4.69, 9.17) is 23.2 Å². The number of nitrogens with zero attached hydrogens (tertiary/aromatic N) is 4. The maximum atomic E-state index is 12.6. The Kier molecular flexibility index (Phi) is 5.88. The van der Waals surface area contributed by atoms with E-state index in [0.29, 0.717) is 28.8 Å². The quantitative estimate of drug-likeness (QED) is 0.772. The molecule has 1 aliphatic heterocycles. The second-order valence-electron chi connectivity index (χ2n) is 7.89. The van der Waals surface area contributed by atoms with E-state index in [0.717, 1.165) is 31.5 Å². The fourth-order valence-corrected chi connectivity index (χ4v) is 4.70. The van der Waals surface area contributed by atoms with Crippen LogP contribution in [0.25, 0.3) is 0 Å². The van der Waals surface area contributed by atoms with Gasteiger partial charge in [-0.15, -0.1) is 0 Å². The highest BCUT2D eigenvalue weighted by Gasteiger charge is 2.31. The zero-order valence-corrected chi connectivity index (χ0v) is 17.9. The maximum absolute atomic E-state index is 12.6. The molecule has 9 heteroatoms. The Hall–Kier alpha value is -1.99. The Morgan fingerprint density at radius 1 is 1.10 bits per heavy atom. The Labute approximate surface area is 179 Å². The minimum Gasteiger partial charge on any atom is -0.324 e. The molecule has 0 bridgehead atoms. The summed E-state index contributed by atoms with van der Waals surface area (Å²) in [6.45, 7) is 1.24. The molecular weight excluding hydrogens is 413 g/mol. The number of aryl methyl sites for hydroxylation is 1. The molecule has 0 unspecified atom stereocenters. The number of urea groups is 1. The lowest BCUT2D eigenvalue weighted by atomic mass is 9.95. The summed E-state index contributed by atoms with van der Waals surface area (Å²) in [5.41, 5.74) is 0.595. The van der Waals surface area contributed by atoms with Gasteiger partial charge in [-0.05, 0) is 43.9 Å². The number of likely N-dealkylation sites (tertiary alicyclic amines) is 1. The number of piperidine rings is 1. The summed E-state index contributed by atoms with van der Waals surface area (Å²) < 4.78 is 3.38. The number of benzene rings is 1. The molecule has 7 nitrogen and oxygen atoms in total. The van der Waals surface area contributed by atoms with Crippen molar-refractivity contribution in [3.05, 3.63) is 44.6 Å². The van der Waals surface area contributed by atoms with Crippen molar-refractivity contribution in [2.45, 2.75) is 50.5 Å². The minimum atomic E-state index is -0.156. The fourth-order valence-electron chi connectivity index (χ4n) is 4.40. The van der Waals surface area contributed by atoms with Crippen LogP contribution in [-0.4, -0.2) is 38.4 Å². The van der Waals surface area contributed by atoms with E-state index in [1.807, 2.05) is 4.57 Å². The van der Waals surface area contributed by atoms with E-state index in [1.165, 1.54) is 17.5 Å². The first-order valence-corrected chi connectivity index (χ1v) is 10.9. The van der Waals surface area contributed by atoms with Crippen molar-refractivity contribution in [2.24, 2.45) is 7.05 Å². The van der Waals surface area contributed by atoms with Crippen LogP contribution in [0.4, 0.5) is 10.5 Å². The lowest BCUT2D eigenvalue weighted by Gasteiger charge is -2.32. The van der Waals surface area contributed by atoms with Gasteiger partial charge in [0.25, 0.3) is 0 Å². The van der Waals surface area contributed by atoms with E-state index in [9.17, 15) is 9.59 Å². The Bertz CT molecular complexity index is 956. The van der Waals surface area contributed by atoms with Gasteiger partial charge in [0.1, 0.15) is 5.82 Å². The number of halogens is 2. The highest BCUT2D eigenvalue weighted by molar-refractivity contribution is 6.42. The second kappa shape index (κ2) is 8.40. The molecule has 156 valence electrons. The van der Waals surface area contributed by atoms with E-state index >= 15 is 0 Å². The summed E-state index contributed by atoms with van der Waals surface area (Å²) in [7, 11) is 1.72. The highest BCUT2D eigenvalue weighted by atomic mass is 35.5. The molecule has 4 rings (SSSR count). The summed E-state index contributed by atoms with van der Waals surface area (Å²) in [5, 5.41) is 8.29. The predicted molar refractivity (Wildman–Crippen MR) is 114 cm³/mol. The van der Waals surface area contributed by atoms with Gasteiger partial charge in [-0.2, -0.15) is 5.10 Å². The predicted octanol–water partition coefficient (Wildman–Crippen LogP) is 4.42. The van der Waals surface area contributed by atoms with Crippen molar-refractivity contribution in [3.63, 3.8) is 0 Å². The molecule has 1 aliphatic carbocycles. The van der Waals surface area contributed by atoms with Gasteiger partial charge in [0.15, 0.2) is 0 Å². The second-order valence-corrected chi connectivity index (χ2v) is 8.71. The summed E-state index contributed by atoms with van der Waals surface area (Å²) in [6.07, 6.45) is 6.00. The number of aromatic nitrogens is 3. The number of hydrogen-bond donors (Lipinski definition) is 1. The van der Waals surface area contributed by atoms with Gasteiger partial charge < -0.3 is 10.2 Å². The van der Waals surface area contributed by atoms with Crippen molar-refractivity contribution >= 4 is 34.9 Å². The number of nitrogens with one attached hydrogen (secondary N) is 1. The van der Waals surface area contributed by atoms with Gasteiger partial charge in [-0.25, -0.2) is 14.3 Å². The van der Waals surface area contributed by atoms with Gasteiger partial charge in [0, 0.05) is 37.8 Å². The molecule has 0 spiro atoms. The molecule has 1 saturated carbocycles. The molecule has 1 N–H and O–H groups in total. The summed E-state index contributed by atoms with van der Waals surface area (Å²) >= 11 is 11.9. The number of carbonyl (C=O) groups excluding carboxylic acids is 1. The van der Waals surface area contributed by atoms with Gasteiger partial charge in [0.2, 0.25) is 0 Å². The maximum Gasteiger partial charge on any atom is 0.345 e. The zero-order chi connectivity index (χ0) is 20.5. The number of carbonyl (C=O) groups is 1. The first kappa shape index (κ1) is 20.3. The lowest BCUT2D eigenvalue weighted by Crippen LogP contribution is -2.41. The van der Waals surface area contributed by atoms with Crippen LogP contribution in [0.15, 0.2) is 23.0 Å². The van der Waals surface area contributed by atoms with Crippen LogP contribution in [0.1, 0.15) is 56.3 Å². The Morgan fingerprint density at radius 2 is 1.79 bits per heavy atom. The Balaban J connectivity index is 1.42. The van der Waals surface area contributed by atoms with Crippen LogP contribution >= 0.6 is 23.2 Å². The average molecular weight is 438 g/mol. The lowest BCUT2D eigenvalue weighted by molar-refractivity contribution is 0.192. The third kappa shape index (κ3) is 4.16. The van der Waals surface area contributed by atoms with Crippen LogP contribution < -0.4 is 11.0 Å². The molecule has 2 aromatic rings. The van der Waals surface area contributed by atoms with Crippen molar-refractivity contribution < 1.29 is 4.79 Å². The fraction of sp³-hybridized carbons (Fsp3) is 0.550. The molecule has 1 aromatic heterocycles. The number of amides is 2. The van der Waals surface area contributed by atoms with Crippen molar-refractivity contribution in [2.75, 3.05) is 18.4 Å². The molecule has 0 radical (unpaired) electrons.